The van der Waals surface area contributed by atoms with Gasteiger partial charge in [0, 0.05) is 18.4 Å². The first-order valence-corrected chi connectivity index (χ1v) is 6.81. The molecule has 0 radical (unpaired) electrons. The number of aliphatic hydroxyl groups is 1. The molecule has 2 aliphatic rings. The zero-order valence-electron chi connectivity index (χ0n) is 11.7. The first kappa shape index (κ1) is 13.3. The highest BCUT2D eigenvalue weighted by Gasteiger charge is 2.65. The Hall–Kier alpha value is -0.120. The molecule has 1 saturated heterocycles. The maximum absolute atomic E-state index is 11.3. The Labute approximate surface area is 105 Å². The molecule has 0 spiro atoms. The summed E-state index contributed by atoms with van der Waals surface area (Å²) in [5.74, 6) is 0. The van der Waals surface area contributed by atoms with Gasteiger partial charge >= 0.3 is 0 Å². The quantitative estimate of drug-likeness (QED) is 0.779. The Balaban J connectivity index is 2.41. The van der Waals surface area contributed by atoms with Crippen molar-refractivity contribution in [2.45, 2.75) is 76.6 Å². The highest BCUT2D eigenvalue weighted by Crippen LogP contribution is 2.58. The first-order chi connectivity index (χ1) is 7.68. The summed E-state index contributed by atoms with van der Waals surface area (Å²) >= 11 is 0. The van der Waals surface area contributed by atoms with Crippen LogP contribution in [0.3, 0.4) is 0 Å². The molecule has 1 unspecified atom stereocenters. The molecule has 0 aromatic rings. The average molecular weight is 241 g/mol. The minimum atomic E-state index is -0.797. The molecule has 0 amide bonds. The number of nitrogens with two attached hydrogens (primary N) is 1. The predicted octanol–water partition coefficient (Wildman–Crippen LogP) is 2.21. The summed E-state index contributed by atoms with van der Waals surface area (Å²) in [6.45, 7) is 8.71. The van der Waals surface area contributed by atoms with Gasteiger partial charge in [-0.1, -0.05) is 12.8 Å². The van der Waals surface area contributed by atoms with E-state index in [0.29, 0.717) is 13.0 Å². The zero-order valence-corrected chi connectivity index (χ0v) is 11.7. The van der Waals surface area contributed by atoms with E-state index in [4.69, 9.17) is 10.5 Å². The van der Waals surface area contributed by atoms with Crippen molar-refractivity contribution < 1.29 is 9.84 Å². The molecular formula is C14H27NO2. The molecule has 1 atom stereocenters. The minimum absolute atomic E-state index is 0.149. The van der Waals surface area contributed by atoms with Gasteiger partial charge in [0.25, 0.3) is 0 Å². The second kappa shape index (κ2) is 3.69. The van der Waals surface area contributed by atoms with Crippen molar-refractivity contribution in [3.8, 4) is 0 Å². The molecule has 1 aliphatic heterocycles. The lowest BCUT2D eigenvalue weighted by Gasteiger charge is -2.48. The van der Waals surface area contributed by atoms with Crippen molar-refractivity contribution in [1.29, 1.82) is 0 Å². The second-order valence-electron chi connectivity index (χ2n) is 7.10. The molecule has 2 fully saturated rings. The molecular weight excluding hydrogens is 214 g/mol. The van der Waals surface area contributed by atoms with Crippen molar-refractivity contribution in [3.05, 3.63) is 0 Å². The maximum atomic E-state index is 11.3. The molecule has 1 heterocycles. The van der Waals surface area contributed by atoms with Crippen LogP contribution in [0, 0.1) is 5.41 Å². The number of hydrogen-bond acceptors (Lipinski definition) is 3. The van der Waals surface area contributed by atoms with Gasteiger partial charge in [-0.2, -0.15) is 0 Å². The van der Waals surface area contributed by atoms with E-state index < -0.39 is 11.2 Å². The Morgan fingerprint density at radius 2 is 1.65 bits per heavy atom. The summed E-state index contributed by atoms with van der Waals surface area (Å²) in [4.78, 5) is 0. The third-order valence-electron chi connectivity index (χ3n) is 5.04. The summed E-state index contributed by atoms with van der Waals surface area (Å²) in [7, 11) is 0. The molecule has 1 saturated carbocycles. The summed E-state index contributed by atoms with van der Waals surface area (Å²) < 4.78 is 6.09. The van der Waals surface area contributed by atoms with Crippen molar-refractivity contribution in [3.63, 3.8) is 0 Å². The van der Waals surface area contributed by atoms with Crippen LogP contribution in [-0.4, -0.2) is 28.5 Å². The number of rotatable bonds is 2. The Morgan fingerprint density at radius 1 is 1.12 bits per heavy atom. The van der Waals surface area contributed by atoms with Crippen LogP contribution in [-0.2, 0) is 4.74 Å². The zero-order chi connectivity index (χ0) is 12.9. The summed E-state index contributed by atoms with van der Waals surface area (Å²) in [6, 6.07) is 0. The minimum Gasteiger partial charge on any atom is -0.386 e. The van der Waals surface area contributed by atoms with E-state index in [1.54, 1.807) is 0 Å². The van der Waals surface area contributed by atoms with E-state index in [2.05, 4.69) is 13.8 Å². The average Bonchev–Trinajstić information content (AvgIpc) is 2.69. The van der Waals surface area contributed by atoms with Crippen molar-refractivity contribution in [1.82, 2.24) is 0 Å². The normalized spacial score (nSPS) is 38.5. The highest BCUT2D eigenvalue weighted by molar-refractivity contribution is 5.16. The van der Waals surface area contributed by atoms with E-state index in [0.717, 1.165) is 12.8 Å². The fourth-order valence-corrected chi connectivity index (χ4v) is 4.30. The Morgan fingerprint density at radius 3 is 2.00 bits per heavy atom. The molecule has 3 N–H and O–H groups in total. The first-order valence-electron chi connectivity index (χ1n) is 6.81. The lowest BCUT2D eigenvalue weighted by atomic mass is 9.62. The number of hydrogen-bond donors (Lipinski definition) is 2. The highest BCUT2D eigenvalue weighted by atomic mass is 16.5. The molecule has 3 heteroatoms. The Kier molecular flexibility index (Phi) is 2.89. The van der Waals surface area contributed by atoms with Gasteiger partial charge in [0.1, 0.15) is 5.60 Å². The standard InChI is InChI=1S/C14H27NO2/c1-11(2)9-14(16,12(3,4)17-11)13(10-15)7-5-6-8-13/h16H,5-10,15H2,1-4H3. The van der Waals surface area contributed by atoms with Crippen molar-refractivity contribution in [2.75, 3.05) is 6.54 Å². The smallest absolute Gasteiger partial charge is 0.103 e. The van der Waals surface area contributed by atoms with Gasteiger partial charge in [0.05, 0.1) is 11.2 Å². The lowest BCUT2D eigenvalue weighted by Crippen LogP contribution is -2.60. The van der Waals surface area contributed by atoms with Crippen LogP contribution >= 0.6 is 0 Å². The molecule has 1 aliphatic carbocycles. The van der Waals surface area contributed by atoms with Crippen molar-refractivity contribution >= 4 is 0 Å². The predicted molar refractivity (Wildman–Crippen MR) is 68.8 cm³/mol. The van der Waals surface area contributed by atoms with E-state index in [-0.39, 0.29) is 11.0 Å². The van der Waals surface area contributed by atoms with E-state index in [1.165, 1.54) is 12.8 Å². The third kappa shape index (κ3) is 1.74. The molecule has 0 aromatic carbocycles. The van der Waals surface area contributed by atoms with Crippen LogP contribution in [0.1, 0.15) is 59.8 Å². The van der Waals surface area contributed by atoms with E-state index >= 15 is 0 Å². The maximum Gasteiger partial charge on any atom is 0.103 e. The monoisotopic (exact) mass is 241 g/mol. The summed E-state index contributed by atoms with van der Waals surface area (Å²) in [5, 5.41) is 11.3. The summed E-state index contributed by atoms with van der Waals surface area (Å²) in [6.07, 6.45) is 5.10. The van der Waals surface area contributed by atoms with Crippen LogP contribution in [0.2, 0.25) is 0 Å². The second-order valence-corrected chi connectivity index (χ2v) is 7.10. The third-order valence-corrected chi connectivity index (χ3v) is 5.04. The summed E-state index contributed by atoms with van der Waals surface area (Å²) in [5.41, 5.74) is 4.31. The van der Waals surface area contributed by atoms with Gasteiger partial charge in [-0.25, -0.2) is 0 Å². The van der Waals surface area contributed by atoms with Gasteiger partial charge in [-0.15, -0.1) is 0 Å². The van der Waals surface area contributed by atoms with Crippen LogP contribution in [0.4, 0.5) is 0 Å². The largest absolute Gasteiger partial charge is 0.386 e. The number of ether oxygens (including phenoxy) is 1. The SMILES string of the molecule is CC1(C)CC(O)(C2(CN)CCCC2)C(C)(C)O1. The van der Waals surface area contributed by atoms with Gasteiger partial charge in [-0.05, 0) is 40.5 Å². The van der Waals surface area contributed by atoms with Crippen LogP contribution in [0.5, 0.6) is 0 Å². The fourth-order valence-electron chi connectivity index (χ4n) is 4.30. The van der Waals surface area contributed by atoms with Gasteiger partial charge in [0.2, 0.25) is 0 Å². The molecule has 100 valence electrons. The van der Waals surface area contributed by atoms with Crippen LogP contribution in [0.25, 0.3) is 0 Å². The molecule has 17 heavy (non-hydrogen) atoms. The Bertz CT molecular complexity index is 305. The topological polar surface area (TPSA) is 55.5 Å². The molecule has 2 rings (SSSR count). The molecule has 0 aromatic heterocycles. The molecule has 0 bridgehead atoms. The van der Waals surface area contributed by atoms with Gasteiger partial charge < -0.3 is 15.6 Å². The van der Waals surface area contributed by atoms with Crippen LogP contribution < -0.4 is 5.73 Å². The fraction of sp³-hybridized carbons (Fsp3) is 1.00. The van der Waals surface area contributed by atoms with Crippen LogP contribution in [0.15, 0.2) is 0 Å². The van der Waals surface area contributed by atoms with E-state index in [9.17, 15) is 5.11 Å². The lowest BCUT2D eigenvalue weighted by molar-refractivity contribution is -0.175. The van der Waals surface area contributed by atoms with E-state index in [1.807, 2.05) is 13.8 Å². The van der Waals surface area contributed by atoms with Gasteiger partial charge in [0.15, 0.2) is 0 Å². The molecule has 3 nitrogen and oxygen atoms in total. The van der Waals surface area contributed by atoms with Crippen molar-refractivity contribution in [2.24, 2.45) is 11.1 Å². The van der Waals surface area contributed by atoms with Gasteiger partial charge in [-0.3, -0.25) is 0 Å².